The summed E-state index contributed by atoms with van der Waals surface area (Å²) in [5.74, 6) is 0.260. The maximum Gasteiger partial charge on any atom is 0.408 e. The van der Waals surface area contributed by atoms with E-state index in [0.29, 0.717) is 18.8 Å². The SMILES string of the molecule is COC(=O)C(Cc1ccc(OCCBr)cc1)NC(=O)OC(C)(C)C.COC(=O)C(Cc1ccc(OCCN=[N+]=[N-])cc1)NC(=O)OC(C)(C)C. The lowest BCUT2D eigenvalue weighted by Crippen LogP contribution is -2.45. The van der Waals surface area contributed by atoms with Gasteiger partial charge >= 0.3 is 24.1 Å². The van der Waals surface area contributed by atoms with E-state index < -0.39 is 47.4 Å². The van der Waals surface area contributed by atoms with Crippen LogP contribution in [0.2, 0.25) is 0 Å². The van der Waals surface area contributed by atoms with Crippen LogP contribution in [0.25, 0.3) is 10.4 Å². The minimum absolute atomic E-state index is 0.239. The fraction of sp³-hybridized carbons (Fsp3) is 0.529. The first-order valence-corrected chi connectivity index (χ1v) is 16.8. The molecule has 0 aliphatic heterocycles. The molecule has 2 N–H and O–H groups in total. The van der Waals surface area contributed by atoms with Gasteiger partial charge < -0.3 is 39.1 Å². The Bertz CT molecular complexity index is 1400. The second-order valence-corrected chi connectivity index (χ2v) is 13.3. The quantitative estimate of drug-likeness (QED) is 0.0409. The first-order chi connectivity index (χ1) is 23.5. The summed E-state index contributed by atoms with van der Waals surface area (Å²) >= 11 is 3.29. The molecule has 276 valence electrons. The zero-order valence-corrected chi connectivity index (χ0v) is 31.4. The number of hydrogen-bond acceptors (Lipinski definition) is 11. The molecule has 0 aliphatic rings. The molecule has 0 aromatic heterocycles. The van der Waals surface area contributed by atoms with Gasteiger partial charge in [0.25, 0.3) is 0 Å². The first kappa shape index (κ1) is 43.3. The van der Waals surface area contributed by atoms with Crippen LogP contribution in [0.5, 0.6) is 11.5 Å². The van der Waals surface area contributed by atoms with Crippen molar-refractivity contribution >= 4 is 40.1 Å². The predicted octanol–water partition coefficient (Wildman–Crippen LogP) is 6.05. The van der Waals surface area contributed by atoms with E-state index in [-0.39, 0.29) is 19.6 Å². The van der Waals surface area contributed by atoms with Crippen molar-refractivity contribution in [2.45, 2.75) is 77.7 Å². The lowest BCUT2D eigenvalue weighted by Gasteiger charge is -2.22. The van der Waals surface area contributed by atoms with Crippen LogP contribution in [0.1, 0.15) is 52.7 Å². The van der Waals surface area contributed by atoms with Gasteiger partial charge in [-0.2, -0.15) is 0 Å². The van der Waals surface area contributed by atoms with Crippen LogP contribution in [0.15, 0.2) is 53.6 Å². The van der Waals surface area contributed by atoms with Gasteiger partial charge in [0.15, 0.2) is 0 Å². The van der Waals surface area contributed by atoms with Crippen molar-refractivity contribution < 1.29 is 47.6 Å². The summed E-state index contributed by atoms with van der Waals surface area (Å²) < 4.78 is 30.7. The molecular formula is C34H48BrN5O10. The van der Waals surface area contributed by atoms with E-state index in [2.05, 4.69) is 36.6 Å². The van der Waals surface area contributed by atoms with Gasteiger partial charge in [-0.3, -0.25) is 0 Å². The lowest BCUT2D eigenvalue weighted by atomic mass is 10.1. The number of methoxy groups -OCH3 is 2. The molecule has 2 unspecified atom stereocenters. The summed E-state index contributed by atoms with van der Waals surface area (Å²) in [7, 11) is 2.54. The van der Waals surface area contributed by atoms with Crippen molar-refractivity contribution in [2.75, 3.05) is 39.3 Å². The van der Waals surface area contributed by atoms with E-state index in [1.807, 2.05) is 24.3 Å². The molecule has 0 spiro atoms. The highest BCUT2D eigenvalue weighted by Crippen LogP contribution is 2.16. The van der Waals surface area contributed by atoms with Gasteiger partial charge in [0, 0.05) is 23.1 Å². The molecule has 0 fully saturated rings. The number of halogens is 1. The number of alkyl carbamates (subject to hydrolysis) is 2. The zero-order valence-electron chi connectivity index (χ0n) is 29.8. The predicted molar refractivity (Wildman–Crippen MR) is 189 cm³/mol. The maximum atomic E-state index is 11.9. The summed E-state index contributed by atoms with van der Waals surface area (Å²) in [4.78, 5) is 50.3. The first-order valence-electron chi connectivity index (χ1n) is 15.6. The minimum atomic E-state index is -0.869. The molecule has 16 heteroatoms. The molecule has 2 aromatic rings. The number of carbonyl (C=O) groups excluding carboxylic acids is 4. The molecular weight excluding hydrogens is 718 g/mol. The number of rotatable bonds is 15. The highest BCUT2D eigenvalue weighted by Gasteiger charge is 2.26. The average molecular weight is 767 g/mol. The van der Waals surface area contributed by atoms with Gasteiger partial charge in [-0.15, -0.1) is 0 Å². The number of nitrogens with one attached hydrogen (secondary N) is 2. The molecule has 0 bridgehead atoms. The molecule has 0 saturated heterocycles. The van der Waals surface area contributed by atoms with Crippen molar-refractivity contribution in [1.29, 1.82) is 0 Å². The van der Waals surface area contributed by atoms with Gasteiger partial charge in [0.1, 0.15) is 34.8 Å². The molecule has 0 heterocycles. The number of carbonyl (C=O) groups is 4. The molecule has 2 atom stereocenters. The number of esters is 2. The standard InChI is InChI=1S/C17H24BrNO5.C17H24N4O5/c1-17(2,3)24-16(21)19-14(15(20)22-4)11-12-5-7-13(8-6-12)23-10-9-18;1-17(2,3)26-16(23)20-14(15(22)24-4)11-12-5-7-13(8-6-12)25-10-9-19-21-18/h5-8,14H,9-11H2,1-4H3,(H,19,21);5-8,14H,9-11H2,1-4H3,(H,20,23). The zero-order chi connectivity index (χ0) is 37.7. The van der Waals surface area contributed by atoms with Crippen LogP contribution in [0, 0.1) is 0 Å². The third-order valence-electron chi connectivity index (χ3n) is 5.95. The van der Waals surface area contributed by atoms with Gasteiger partial charge in [0.05, 0.1) is 34.0 Å². The van der Waals surface area contributed by atoms with Gasteiger partial charge in [0.2, 0.25) is 0 Å². The fourth-order valence-corrected chi connectivity index (χ4v) is 4.05. The smallest absolute Gasteiger partial charge is 0.408 e. The molecule has 2 aromatic carbocycles. The van der Waals surface area contributed by atoms with Crippen LogP contribution in [-0.2, 0) is 41.4 Å². The summed E-state index contributed by atoms with van der Waals surface area (Å²) in [6, 6.07) is 12.6. The number of nitrogens with zero attached hydrogens (tertiary/aromatic N) is 3. The van der Waals surface area contributed by atoms with Crippen LogP contribution in [-0.4, -0.2) is 86.7 Å². The maximum absolute atomic E-state index is 11.9. The fourth-order valence-electron chi connectivity index (χ4n) is 3.89. The molecule has 2 amide bonds. The number of azide groups is 1. The van der Waals surface area contributed by atoms with Crippen molar-refractivity contribution in [3.63, 3.8) is 0 Å². The van der Waals surface area contributed by atoms with Crippen molar-refractivity contribution in [3.8, 4) is 11.5 Å². The third-order valence-corrected chi connectivity index (χ3v) is 6.27. The number of ether oxygens (including phenoxy) is 6. The van der Waals surface area contributed by atoms with Crippen LogP contribution in [0.3, 0.4) is 0 Å². The third kappa shape index (κ3) is 19.3. The Morgan fingerprint density at radius 3 is 1.42 bits per heavy atom. The number of benzene rings is 2. The Balaban J connectivity index is 0.000000502. The Kier molecular flexibility index (Phi) is 19.2. The molecule has 50 heavy (non-hydrogen) atoms. The molecule has 0 radical (unpaired) electrons. The Hall–Kier alpha value is -4.69. The van der Waals surface area contributed by atoms with Crippen LogP contribution >= 0.6 is 15.9 Å². The average Bonchev–Trinajstić information content (AvgIpc) is 3.04. The van der Waals surface area contributed by atoms with Crippen LogP contribution < -0.4 is 20.1 Å². The summed E-state index contributed by atoms with van der Waals surface area (Å²) in [6.45, 7) is 11.6. The summed E-state index contributed by atoms with van der Waals surface area (Å²) in [5, 5.41) is 9.20. The summed E-state index contributed by atoms with van der Waals surface area (Å²) in [6.07, 6.45) is -0.809. The van der Waals surface area contributed by atoms with Gasteiger partial charge in [-0.25, -0.2) is 19.2 Å². The van der Waals surface area contributed by atoms with E-state index >= 15 is 0 Å². The number of alkyl halides is 1. The lowest BCUT2D eigenvalue weighted by molar-refractivity contribution is -0.143. The van der Waals surface area contributed by atoms with Crippen LogP contribution in [0.4, 0.5) is 9.59 Å². The van der Waals surface area contributed by atoms with Crippen molar-refractivity contribution in [2.24, 2.45) is 5.11 Å². The second-order valence-electron chi connectivity index (χ2n) is 12.5. The normalized spacial score (nSPS) is 11.9. The molecule has 15 nitrogen and oxygen atoms in total. The highest BCUT2D eigenvalue weighted by atomic mass is 79.9. The van der Waals surface area contributed by atoms with E-state index in [4.69, 9.17) is 34.0 Å². The van der Waals surface area contributed by atoms with Crippen molar-refractivity contribution in [1.82, 2.24) is 10.6 Å². The van der Waals surface area contributed by atoms with Gasteiger partial charge in [-0.05, 0) is 82.5 Å². The van der Waals surface area contributed by atoms with Crippen molar-refractivity contribution in [3.05, 3.63) is 70.1 Å². The second kappa shape index (κ2) is 22.1. The minimum Gasteiger partial charge on any atom is -0.493 e. The summed E-state index contributed by atoms with van der Waals surface area (Å²) in [5.41, 5.74) is 8.57. The number of amides is 2. The highest BCUT2D eigenvalue weighted by molar-refractivity contribution is 9.09. The molecule has 0 saturated carbocycles. The van der Waals surface area contributed by atoms with E-state index in [1.54, 1.807) is 65.8 Å². The number of hydrogen-bond donors (Lipinski definition) is 2. The Morgan fingerprint density at radius 1 is 0.720 bits per heavy atom. The van der Waals surface area contributed by atoms with E-state index in [9.17, 15) is 19.2 Å². The van der Waals surface area contributed by atoms with Gasteiger partial charge in [-0.1, -0.05) is 45.3 Å². The van der Waals surface area contributed by atoms with E-state index in [0.717, 1.165) is 22.2 Å². The Morgan fingerprint density at radius 2 is 1.10 bits per heavy atom. The van der Waals surface area contributed by atoms with E-state index in [1.165, 1.54) is 14.2 Å². The largest absolute Gasteiger partial charge is 0.493 e. The molecule has 2 rings (SSSR count). The molecule has 0 aliphatic carbocycles. The topological polar surface area (TPSA) is 196 Å². The monoisotopic (exact) mass is 765 g/mol. The Labute approximate surface area is 301 Å².